The summed E-state index contributed by atoms with van der Waals surface area (Å²) in [6, 6.07) is 8.18. The maximum absolute atomic E-state index is 4.26. The van der Waals surface area contributed by atoms with E-state index in [4.69, 9.17) is 0 Å². The molecule has 0 aliphatic rings. The highest BCUT2D eigenvalue weighted by molar-refractivity contribution is 7.99. The molecule has 0 spiro atoms. The van der Waals surface area contributed by atoms with Crippen molar-refractivity contribution in [2.24, 2.45) is 0 Å². The number of H-pyrrole nitrogens is 2. The van der Waals surface area contributed by atoms with Gasteiger partial charge in [-0.05, 0) is 31.2 Å². The molecule has 2 heterocycles. The third-order valence-electron chi connectivity index (χ3n) is 2.86. The summed E-state index contributed by atoms with van der Waals surface area (Å²) >= 11 is 1.55. The predicted octanol–water partition coefficient (Wildman–Crippen LogP) is 2.60. The van der Waals surface area contributed by atoms with Crippen LogP contribution < -0.4 is 5.32 Å². The number of aromatic amines is 2. The predicted molar refractivity (Wildman–Crippen MR) is 77.6 cm³/mol. The summed E-state index contributed by atoms with van der Waals surface area (Å²) in [6.45, 7) is 2.73. The van der Waals surface area contributed by atoms with Crippen LogP contribution in [0, 0.1) is 6.92 Å². The van der Waals surface area contributed by atoms with Crippen molar-refractivity contribution in [2.45, 2.75) is 23.5 Å². The first-order chi connectivity index (χ1) is 9.81. The third kappa shape index (κ3) is 3.00. The summed E-state index contributed by atoms with van der Waals surface area (Å²) in [5, 5.41) is 10.8. The average molecular weight is 286 g/mol. The largest absolute Gasteiger partial charge is 0.379 e. The van der Waals surface area contributed by atoms with E-state index in [1.54, 1.807) is 18.1 Å². The number of hydrogen-bond donors (Lipinski definition) is 3. The zero-order valence-corrected chi connectivity index (χ0v) is 11.7. The third-order valence-corrected chi connectivity index (χ3v) is 3.75. The quantitative estimate of drug-likeness (QED) is 0.671. The number of rotatable bonds is 5. The van der Waals surface area contributed by atoms with Crippen LogP contribution in [0.5, 0.6) is 0 Å². The van der Waals surface area contributed by atoms with Gasteiger partial charge in [-0.25, -0.2) is 9.97 Å². The van der Waals surface area contributed by atoms with Gasteiger partial charge in [-0.1, -0.05) is 11.8 Å². The fraction of sp³-hybridized carbons (Fsp3) is 0.154. The fourth-order valence-electron chi connectivity index (χ4n) is 1.75. The minimum atomic E-state index is 0.712. The van der Waals surface area contributed by atoms with Gasteiger partial charge in [0, 0.05) is 16.3 Å². The van der Waals surface area contributed by atoms with Crippen LogP contribution in [0.2, 0.25) is 0 Å². The number of anilines is 1. The van der Waals surface area contributed by atoms with E-state index in [-0.39, 0.29) is 0 Å². The number of benzene rings is 1. The first-order valence-corrected chi connectivity index (χ1v) is 6.99. The molecule has 20 heavy (non-hydrogen) atoms. The molecule has 3 N–H and O–H groups in total. The van der Waals surface area contributed by atoms with Gasteiger partial charge in [-0.2, -0.15) is 5.10 Å². The molecular formula is C13H14N6S. The summed E-state index contributed by atoms with van der Waals surface area (Å²) in [6.07, 6.45) is 3.22. The lowest BCUT2D eigenvalue weighted by atomic mass is 10.3. The Balaban J connectivity index is 1.60. The van der Waals surface area contributed by atoms with E-state index >= 15 is 0 Å². The molecule has 6 nitrogen and oxygen atoms in total. The molecule has 102 valence electrons. The number of aryl methyl sites for hydroxylation is 1. The molecule has 3 aromatic rings. The minimum Gasteiger partial charge on any atom is -0.379 e. The maximum atomic E-state index is 4.26. The Labute approximate surface area is 120 Å². The van der Waals surface area contributed by atoms with Crippen molar-refractivity contribution in [1.29, 1.82) is 0 Å². The van der Waals surface area contributed by atoms with Crippen molar-refractivity contribution in [3.63, 3.8) is 0 Å². The topological polar surface area (TPSA) is 82.3 Å². The summed E-state index contributed by atoms with van der Waals surface area (Å²) < 4.78 is 0. The van der Waals surface area contributed by atoms with Gasteiger partial charge >= 0.3 is 0 Å². The summed E-state index contributed by atoms with van der Waals surface area (Å²) in [5.74, 6) is 0. The number of hydrogen-bond acceptors (Lipinski definition) is 5. The molecule has 0 unspecified atom stereocenters. The normalized spacial score (nSPS) is 10.7. The lowest BCUT2D eigenvalue weighted by Crippen LogP contribution is -2.01. The molecule has 0 saturated carbocycles. The highest BCUT2D eigenvalue weighted by atomic mass is 32.2. The van der Waals surface area contributed by atoms with E-state index in [1.807, 2.05) is 31.2 Å². The van der Waals surface area contributed by atoms with Crippen LogP contribution >= 0.6 is 11.8 Å². The Morgan fingerprint density at radius 1 is 1.20 bits per heavy atom. The number of nitrogens with one attached hydrogen (secondary N) is 3. The monoisotopic (exact) mass is 286 g/mol. The first kappa shape index (κ1) is 12.7. The second-order valence-corrected chi connectivity index (χ2v) is 5.31. The molecule has 0 saturated heterocycles. The van der Waals surface area contributed by atoms with Crippen molar-refractivity contribution in [1.82, 2.24) is 25.1 Å². The Morgan fingerprint density at radius 2 is 2.05 bits per heavy atom. The van der Waals surface area contributed by atoms with Gasteiger partial charge < -0.3 is 10.3 Å². The molecule has 0 fully saturated rings. The molecule has 0 amide bonds. The van der Waals surface area contributed by atoms with E-state index < -0.39 is 0 Å². The van der Waals surface area contributed by atoms with Crippen LogP contribution in [0.1, 0.15) is 11.4 Å². The highest BCUT2D eigenvalue weighted by Crippen LogP contribution is 2.25. The number of imidazole rings is 1. The van der Waals surface area contributed by atoms with Gasteiger partial charge in [0.2, 0.25) is 0 Å². The van der Waals surface area contributed by atoms with Gasteiger partial charge in [-0.3, -0.25) is 5.10 Å². The zero-order chi connectivity index (χ0) is 13.8. The van der Waals surface area contributed by atoms with E-state index in [1.165, 1.54) is 6.33 Å². The van der Waals surface area contributed by atoms with Crippen molar-refractivity contribution < 1.29 is 0 Å². The van der Waals surface area contributed by atoms with Gasteiger partial charge in [0.15, 0.2) is 5.16 Å². The first-order valence-electron chi connectivity index (χ1n) is 6.17. The molecule has 0 bridgehead atoms. The average Bonchev–Trinajstić information content (AvgIpc) is 3.10. The van der Waals surface area contributed by atoms with Crippen LogP contribution in [0.25, 0.3) is 0 Å². The van der Waals surface area contributed by atoms with Crippen LogP contribution in [-0.2, 0) is 6.54 Å². The SMILES string of the molecule is Cc1[nH]cnc1CNc1ccc(Sc2ncn[nH]2)cc1. The fourth-order valence-corrected chi connectivity index (χ4v) is 2.44. The van der Waals surface area contributed by atoms with Crippen LogP contribution in [0.4, 0.5) is 5.69 Å². The zero-order valence-electron chi connectivity index (χ0n) is 10.9. The molecular weight excluding hydrogens is 272 g/mol. The molecule has 0 radical (unpaired) electrons. The van der Waals surface area contributed by atoms with Crippen molar-refractivity contribution >= 4 is 17.4 Å². The summed E-state index contributed by atoms with van der Waals surface area (Å²) in [4.78, 5) is 12.5. The van der Waals surface area contributed by atoms with Crippen LogP contribution in [0.15, 0.2) is 47.0 Å². The summed E-state index contributed by atoms with van der Waals surface area (Å²) in [7, 11) is 0. The lowest BCUT2D eigenvalue weighted by Gasteiger charge is -2.06. The Kier molecular flexibility index (Phi) is 3.69. The number of aromatic nitrogens is 5. The molecule has 7 heteroatoms. The molecule has 2 aromatic heterocycles. The number of nitrogens with zero attached hydrogens (tertiary/aromatic N) is 3. The molecule has 0 aliphatic carbocycles. The van der Waals surface area contributed by atoms with Crippen LogP contribution in [-0.4, -0.2) is 25.1 Å². The van der Waals surface area contributed by atoms with E-state index in [2.05, 4.69) is 30.5 Å². The Morgan fingerprint density at radius 3 is 2.70 bits per heavy atom. The molecule has 0 atom stereocenters. The van der Waals surface area contributed by atoms with Crippen LogP contribution in [0.3, 0.4) is 0 Å². The van der Waals surface area contributed by atoms with Gasteiger partial charge in [0.25, 0.3) is 0 Å². The van der Waals surface area contributed by atoms with Crippen molar-refractivity contribution in [2.75, 3.05) is 5.32 Å². The smallest absolute Gasteiger partial charge is 0.188 e. The molecule has 1 aromatic carbocycles. The Bertz CT molecular complexity index is 658. The van der Waals surface area contributed by atoms with E-state index in [0.717, 1.165) is 27.1 Å². The Hall–Kier alpha value is -2.28. The molecule has 3 rings (SSSR count). The maximum Gasteiger partial charge on any atom is 0.188 e. The van der Waals surface area contributed by atoms with Crippen molar-refractivity contribution in [3.05, 3.63) is 48.3 Å². The van der Waals surface area contributed by atoms with Gasteiger partial charge in [0.05, 0.1) is 18.6 Å². The van der Waals surface area contributed by atoms with Crippen molar-refractivity contribution in [3.8, 4) is 0 Å². The van der Waals surface area contributed by atoms with Gasteiger partial charge in [0.1, 0.15) is 6.33 Å². The molecule has 0 aliphatic heterocycles. The van der Waals surface area contributed by atoms with E-state index in [9.17, 15) is 0 Å². The van der Waals surface area contributed by atoms with Gasteiger partial charge in [-0.15, -0.1) is 0 Å². The lowest BCUT2D eigenvalue weighted by molar-refractivity contribution is 0.973. The highest BCUT2D eigenvalue weighted by Gasteiger charge is 2.02. The second kappa shape index (κ2) is 5.79. The second-order valence-electron chi connectivity index (χ2n) is 4.24. The van der Waals surface area contributed by atoms with E-state index in [0.29, 0.717) is 6.54 Å². The summed E-state index contributed by atoms with van der Waals surface area (Å²) in [5.41, 5.74) is 3.19. The minimum absolute atomic E-state index is 0.712. The standard InChI is InChI=1S/C13H14N6S/c1-9-12(16-7-15-9)6-14-10-2-4-11(5-3-10)20-13-17-8-18-19-13/h2-5,7-8,14H,6H2,1H3,(H,15,16)(H,17,18,19).